The molecule has 3 N–H and O–H groups in total. The number of thioether (sulfide) groups is 1. The molecule has 0 amide bonds. The Morgan fingerprint density at radius 3 is 2.47 bits per heavy atom. The standard InChI is InChI=1S/C9H16F3N3OS/c10-9(11,12)17-6-5-15-3-1-7(2-4-15)8(13)14-16/h7,16H,1-6H2,(H2,13,14). The fourth-order valence-corrected chi connectivity index (χ4v) is 2.41. The number of rotatable bonds is 4. The van der Waals surface area contributed by atoms with Gasteiger partial charge in [-0.05, 0) is 37.7 Å². The molecule has 100 valence electrons. The second kappa shape index (κ2) is 6.34. The van der Waals surface area contributed by atoms with Gasteiger partial charge >= 0.3 is 5.51 Å². The van der Waals surface area contributed by atoms with Crippen molar-refractivity contribution in [3.63, 3.8) is 0 Å². The van der Waals surface area contributed by atoms with E-state index in [-0.39, 0.29) is 29.3 Å². The van der Waals surface area contributed by atoms with Crippen LogP contribution in [0.25, 0.3) is 0 Å². The first-order chi connectivity index (χ1) is 7.92. The van der Waals surface area contributed by atoms with Gasteiger partial charge in [0.1, 0.15) is 5.84 Å². The van der Waals surface area contributed by atoms with Crippen LogP contribution in [0.4, 0.5) is 13.2 Å². The van der Waals surface area contributed by atoms with Crippen LogP contribution in [-0.4, -0.2) is 46.8 Å². The second-order valence-electron chi connectivity index (χ2n) is 3.93. The van der Waals surface area contributed by atoms with Crippen LogP contribution >= 0.6 is 11.8 Å². The molecule has 0 saturated carbocycles. The van der Waals surface area contributed by atoms with Gasteiger partial charge in [0.2, 0.25) is 0 Å². The number of halogens is 3. The summed E-state index contributed by atoms with van der Waals surface area (Å²) in [6, 6.07) is 0. The molecular formula is C9H16F3N3OS. The molecule has 1 heterocycles. The van der Waals surface area contributed by atoms with Crippen molar-refractivity contribution in [1.82, 2.24) is 4.90 Å². The molecule has 1 fully saturated rings. The van der Waals surface area contributed by atoms with E-state index in [1.165, 1.54) is 0 Å². The third-order valence-corrected chi connectivity index (χ3v) is 3.51. The van der Waals surface area contributed by atoms with Gasteiger partial charge < -0.3 is 15.8 Å². The van der Waals surface area contributed by atoms with E-state index in [0.717, 1.165) is 12.8 Å². The van der Waals surface area contributed by atoms with Gasteiger partial charge in [0.15, 0.2) is 0 Å². The minimum Gasteiger partial charge on any atom is -0.409 e. The van der Waals surface area contributed by atoms with Crippen LogP contribution in [0.5, 0.6) is 0 Å². The number of hydrogen-bond acceptors (Lipinski definition) is 4. The maximum Gasteiger partial charge on any atom is 0.441 e. The molecule has 17 heavy (non-hydrogen) atoms. The zero-order valence-electron chi connectivity index (χ0n) is 9.28. The van der Waals surface area contributed by atoms with Gasteiger partial charge in [-0.1, -0.05) is 5.16 Å². The lowest BCUT2D eigenvalue weighted by molar-refractivity contribution is -0.0329. The van der Waals surface area contributed by atoms with Crippen LogP contribution in [-0.2, 0) is 0 Å². The highest BCUT2D eigenvalue weighted by molar-refractivity contribution is 8.00. The number of piperidine rings is 1. The number of hydrogen-bond donors (Lipinski definition) is 2. The van der Waals surface area contributed by atoms with Gasteiger partial charge in [-0.3, -0.25) is 0 Å². The lowest BCUT2D eigenvalue weighted by Crippen LogP contribution is -2.39. The molecule has 0 spiro atoms. The zero-order valence-corrected chi connectivity index (χ0v) is 10.1. The molecule has 1 rings (SSSR count). The van der Waals surface area contributed by atoms with E-state index in [1.807, 2.05) is 4.90 Å². The Morgan fingerprint density at radius 2 is 2.00 bits per heavy atom. The largest absolute Gasteiger partial charge is 0.441 e. The van der Waals surface area contributed by atoms with Crippen molar-refractivity contribution in [2.24, 2.45) is 16.8 Å². The molecule has 0 aromatic carbocycles. The fourth-order valence-electron chi connectivity index (χ4n) is 1.82. The number of amidine groups is 1. The Bertz CT molecular complexity index is 265. The van der Waals surface area contributed by atoms with Crippen LogP contribution in [0.15, 0.2) is 5.16 Å². The van der Waals surface area contributed by atoms with Crippen molar-refractivity contribution >= 4 is 17.6 Å². The third-order valence-electron chi connectivity index (χ3n) is 2.79. The van der Waals surface area contributed by atoms with Gasteiger partial charge in [0, 0.05) is 18.2 Å². The van der Waals surface area contributed by atoms with E-state index in [4.69, 9.17) is 10.9 Å². The molecule has 0 aromatic rings. The quantitative estimate of drug-likeness (QED) is 0.353. The van der Waals surface area contributed by atoms with Crippen molar-refractivity contribution in [3.05, 3.63) is 0 Å². The van der Waals surface area contributed by atoms with Gasteiger partial charge in [0.05, 0.1) is 0 Å². The predicted molar refractivity (Wildman–Crippen MR) is 61.1 cm³/mol. The maximum absolute atomic E-state index is 11.9. The average Bonchev–Trinajstić information content (AvgIpc) is 2.27. The summed E-state index contributed by atoms with van der Waals surface area (Å²) in [6.07, 6.45) is 1.46. The average molecular weight is 271 g/mol. The van der Waals surface area contributed by atoms with Crippen LogP contribution in [0.1, 0.15) is 12.8 Å². The summed E-state index contributed by atoms with van der Waals surface area (Å²) in [4.78, 5) is 1.97. The monoisotopic (exact) mass is 271 g/mol. The molecule has 0 aliphatic carbocycles. The van der Waals surface area contributed by atoms with E-state index in [2.05, 4.69) is 5.16 Å². The molecule has 0 aromatic heterocycles. The highest BCUT2D eigenvalue weighted by Crippen LogP contribution is 2.30. The maximum atomic E-state index is 11.9. The topological polar surface area (TPSA) is 61.9 Å². The van der Waals surface area contributed by atoms with E-state index in [1.54, 1.807) is 0 Å². The minimum absolute atomic E-state index is 0.00874. The van der Waals surface area contributed by atoms with Crippen LogP contribution in [0.2, 0.25) is 0 Å². The van der Waals surface area contributed by atoms with Gasteiger partial charge in [-0.15, -0.1) is 0 Å². The van der Waals surface area contributed by atoms with E-state index >= 15 is 0 Å². The number of nitrogens with zero attached hydrogens (tertiary/aromatic N) is 2. The van der Waals surface area contributed by atoms with Crippen LogP contribution in [0.3, 0.4) is 0 Å². The van der Waals surface area contributed by atoms with Crippen molar-refractivity contribution < 1.29 is 18.4 Å². The number of oxime groups is 1. The third kappa shape index (κ3) is 5.49. The van der Waals surface area contributed by atoms with E-state index < -0.39 is 5.51 Å². The van der Waals surface area contributed by atoms with E-state index in [0.29, 0.717) is 19.6 Å². The molecule has 1 saturated heterocycles. The van der Waals surface area contributed by atoms with Crippen LogP contribution in [0, 0.1) is 5.92 Å². The lowest BCUT2D eigenvalue weighted by atomic mass is 9.96. The summed E-state index contributed by atoms with van der Waals surface area (Å²) in [7, 11) is 0. The van der Waals surface area contributed by atoms with Crippen molar-refractivity contribution in [2.45, 2.75) is 18.3 Å². The summed E-state index contributed by atoms with van der Waals surface area (Å²) in [5.74, 6) is 0.318. The van der Waals surface area contributed by atoms with Crippen molar-refractivity contribution in [2.75, 3.05) is 25.4 Å². The van der Waals surface area contributed by atoms with Crippen LogP contribution < -0.4 is 5.73 Å². The van der Waals surface area contributed by atoms with Gasteiger partial charge in [-0.25, -0.2) is 0 Å². The molecule has 0 unspecified atom stereocenters. The Morgan fingerprint density at radius 1 is 1.41 bits per heavy atom. The highest BCUT2D eigenvalue weighted by atomic mass is 32.2. The summed E-state index contributed by atoms with van der Waals surface area (Å²) >= 11 is 0.00874. The predicted octanol–water partition coefficient (Wildman–Crippen LogP) is 1.70. The fraction of sp³-hybridized carbons (Fsp3) is 0.889. The minimum atomic E-state index is -4.15. The Labute approximate surface area is 102 Å². The first kappa shape index (κ1) is 14.4. The molecule has 8 heteroatoms. The van der Waals surface area contributed by atoms with E-state index in [9.17, 15) is 13.2 Å². The van der Waals surface area contributed by atoms with Crippen molar-refractivity contribution in [3.8, 4) is 0 Å². The normalized spacial score (nSPS) is 20.8. The number of alkyl halides is 3. The lowest BCUT2D eigenvalue weighted by Gasteiger charge is -2.31. The molecule has 1 aliphatic rings. The summed E-state index contributed by atoms with van der Waals surface area (Å²) in [5.41, 5.74) is 1.33. The first-order valence-electron chi connectivity index (χ1n) is 5.33. The summed E-state index contributed by atoms with van der Waals surface area (Å²) in [6.45, 7) is 1.81. The molecule has 4 nitrogen and oxygen atoms in total. The smallest absolute Gasteiger partial charge is 0.409 e. The Hall–Kier alpha value is -0.630. The molecule has 0 bridgehead atoms. The second-order valence-corrected chi connectivity index (χ2v) is 5.09. The Balaban J connectivity index is 2.19. The molecule has 1 aliphatic heterocycles. The Kier molecular flexibility index (Phi) is 5.38. The summed E-state index contributed by atoms with van der Waals surface area (Å²) < 4.78 is 35.7. The SMILES string of the molecule is NC(=NO)C1CCN(CCSC(F)(F)F)CC1. The molecular weight excluding hydrogens is 255 g/mol. The van der Waals surface area contributed by atoms with Gasteiger partial charge in [0.25, 0.3) is 0 Å². The molecule has 0 atom stereocenters. The zero-order chi connectivity index (χ0) is 12.9. The van der Waals surface area contributed by atoms with Crippen molar-refractivity contribution in [1.29, 1.82) is 0 Å². The highest BCUT2D eigenvalue weighted by Gasteiger charge is 2.28. The number of likely N-dealkylation sites (tertiary alicyclic amines) is 1. The first-order valence-corrected chi connectivity index (χ1v) is 6.31. The molecule has 0 radical (unpaired) electrons. The summed E-state index contributed by atoms with van der Waals surface area (Å²) in [5, 5.41) is 11.5. The van der Waals surface area contributed by atoms with Gasteiger partial charge in [-0.2, -0.15) is 13.2 Å². The number of nitrogens with two attached hydrogens (primary N) is 1.